The van der Waals surface area contributed by atoms with Gasteiger partial charge in [0.05, 0.1) is 42.0 Å². The number of carbonyl (C=O) groups is 1. The van der Waals surface area contributed by atoms with Crippen molar-refractivity contribution in [2.45, 2.75) is 32.1 Å². The van der Waals surface area contributed by atoms with Gasteiger partial charge in [-0.05, 0) is 70.4 Å². The average Bonchev–Trinajstić information content (AvgIpc) is 3.31. The summed E-state index contributed by atoms with van der Waals surface area (Å²) in [5.74, 6) is -1.75. The molecule has 0 N–H and O–H groups in total. The van der Waals surface area contributed by atoms with E-state index in [0.29, 0.717) is 40.0 Å². The molecule has 5 aromatic rings. The lowest BCUT2D eigenvalue weighted by molar-refractivity contribution is -0.0589. The Morgan fingerprint density at radius 1 is 1.07 bits per heavy atom. The van der Waals surface area contributed by atoms with Crippen LogP contribution >= 0.6 is 15.9 Å². The van der Waals surface area contributed by atoms with Gasteiger partial charge in [0.1, 0.15) is 35.6 Å². The SMILES string of the molecule is COC(=O)c1ccc2nc(Cc3cc(F)c(-c4cccc(OCc5ncc(Br)cc5F)n4)cc3F)n(C[C@@H]3CCO3)c2c1. The molecule has 12 heteroatoms. The number of hydrogen-bond donors (Lipinski definition) is 0. The van der Waals surface area contributed by atoms with Crippen LogP contribution in [0.3, 0.4) is 0 Å². The number of esters is 1. The standard InChI is InChI=1S/C31H24BrF3N4O4/c1-41-31(40)17-5-6-26-28(10-17)39(15-20-7-8-42-20)29(37-26)11-18-9-23(34)21(13-22(18)33)25-3-2-4-30(38-25)43-16-27-24(35)12-19(32)14-36-27/h2-6,9-10,12-14,20H,7-8,11,15-16H2,1H3/t20-/m0/s1. The number of imidazole rings is 1. The smallest absolute Gasteiger partial charge is 0.337 e. The molecule has 1 saturated heterocycles. The molecule has 1 aliphatic rings. The molecular formula is C31H24BrF3N4O4. The van der Waals surface area contributed by atoms with E-state index >= 15 is 8.78 Å². The van der Waals surface area contributed by atoms with E-state index in [4.69, 9.17) is 14.2 Å². The number of rotatable bonds is 9. The topological polar surface area (TPSA) is 88.4 Å². The number of carbonyl (C=O) groups excluding carboxylic acids is 1. The van der Waals surface area contributed by atoms with Crippen LogP contribution in [-0.2, 0) is 29.0 Å². The maximum absolute atomic E-state index is 15.5. The molecule has 220 valence electrons. The molecule has 43 heavy (non-hydrogen) atoms. The van der Waals surface area contributed by atoms with Gasteiger partial charge in [0, 0.05) is 35.3 Å². The Balaban J connectivity index is 1.27. The van der Waals surface area contributed by atoms with Gasteiger partial charge >= 0.3 is 5.97 Å². The van der Waals surface area contributed by atoms with Crippen LogP contribution in [0.1, 0.15) is 33.9 Å². The van der Waals surface area contributed by atoms with Crippen LogP contribution < -0.4 is 4.74 Å². The molecule has 0 aliphatic carbocycles. The van der Waals surface area contributed by atoms with E-state index < -0.39 is 23.4 Å². The summed E-state index contributed by atoms with van der Waals surface area (Å²) < 4.78 is 63.4. The summed E-state index contributed by atoms with van der Waals surface area (Å²) in [6.45, 7) is 0.911. The minimum Gasteiger partial charge on any atom is -0.471 e. The molecular weight excluding hydrogens is 629 g/mol. The van der Waals surface area contributed by atoms with E-state index in [-0.39, 0.29) is 47.5 Å². The molecule has 1 fully saturated rings. The number of benzene rings is 2. The first-order chi connectivity index (χ1) is 20.8. The molecule has 4 heterocycles. The van der Waals surface area contributed by atoms with Gasteiger partial charge in [0.25, 0.3) is 0 Å². The summed E-state index contributed by atoms with van der Waals surface area (Å²) in [5.41, 5.74) is 1.91. The summed E-state index contributed by atoms with van der Waals surface area (Å²) in [5, 5.41) is 0. The molecule has 0 saturated carbocycles. The van der Waals surface area contributed by atoms with Crippen LogP contribution in [0.15, 0.2) is 65.3 Å². The zero-order valence-corrected chi connectivity index (χ0v) is 24.4. The number of ether oxygens (including phenoxy) is 3. The predicted octanol–water partition coefficient (Wildman–Crippen LogP) is 6.42. The molecule has 2 aromatic carbocycles. The van der Waals surface area contributed by atoms with Crippen LogP contribution in [-0.4, -0.2) is 45.3 Å². The van der Waals surface area contributed by atoms with E-state index in [9.17, 15) is 9.18 Å². The summed E-state index contributed by atoms with van der Waals surface area (Å²) >= 11 is 3.15. The molecule has 0 spiro atoms. The third-order valence-corrected chi connectivity index (χ3v) is 7.59. The third-order valence-electron chi connectivity index (χ3n) is 7.15. The quantitative estimate of drug-likeness (QED) is 0.170. The summed E-state index contributed by atoms with van der Waals surface area (Å²) in [7, 11) is 1.31. The Morgan fingerprint density at radius 3 is 2.65 bits per heavy atom. The third kappa shape index (κ3) is 6.11. The highest BCUT2D eigenvalue weighted by atomic mass is 79.9. The van der Waals surface area contributed by atoms with Gasteiger partial charge < -0.3 is 18.8 Å². The Kier molecular flexibility index (Phi) is 8.13. The zero-order valence-electron chi connectivity index (χ0n) is 22.8. The van der Waals surface area contributed by atoms with E-state index in [1.165, 1.54) is 31.5 Å². The number of nitrogens with zero attached hydrogens (tertiary/aromatic N) is 4. The molecule has 8 nitrogen and oxygen atoms in total. The van der Waals surface area contributed by atoms with Gasteiger partial charge in [0.15, 0.2) is 0 Å². The van der Waals surface area contributed by atoms with Gasteiger partial charge in [-0.25, -0.2) is 27.9 Å². The highest BCUT2D eigenvalue weighted by Crippen LogP contribution is 2.29. The van der Waals surface area contributed by atoms with Crippen molar-refractivity contribution in [3.8, 4) is 17.1 Å². The maximum atomic E-state index is 15.5. The molecule has 6 rings (SSSR count). The lowest BCUT2D eigenvalue weighted by atomic mass is 10.0. The number of fused-ring (bicyclic) bond motifs is 1. The molecule has 0 amide bonds. The van der Waals surface area contributed by atoms with Gasteiger partial charge in [-0.2, -0.15) is 0 Å². The first-order valence-electron chi connectivity index (χ1n) is 13.4. The highest BCUT2D eigenvalue weighted by molar-refractivity contribution is 9.10. The minimum absolute atomic E-state index is 0.000322. The van der Waals surface area contributed by atoms with Gasteiger partial charge in [0.2, 0.25) is 5.88 Å². The van der Waals surface area contributed by atoms with E-state index in [0.717, 1.165) is 18.6 Å². The Morgan fingerprint density at radius 2 is 1.91 bits per heavy atom. The van der Waals surface area contributed by atoms with Crippen LogP contribution in [0.25, 0.3) is 22.3 Å². The Bertz CT molecular complexity index is 1840. The number of hydrogen-bond acceptors (Lipinski definition) is 7. The number of aromatic nitrogens is 4. The number of halogens is 4. The normalized spacial score (nSPS) is 14.5. The van der Waals surface area contributed by atoms with Gasteiger partial charge in [-0.1, -0.05) is 6.07 Å². The molecule has 0 unspecified atom stereocenters. The predicted molar refractivity (Wildman–Crippen MR) is 154 cm³/mol. The average molecular weight is 653 g/mol. The van der Waals surface area contributed by atoms with Crippen LogP contribution in [0.4, 0.5) is 13.2 Å². The lowest BCUT2D eigenvalue weighted by Crippen LogP contribution is -2.31. The fraction of sp³-hybridized carbons (Fsp3) is 0.226. The maximum Gasteiger partial charge on any atom is 0.337 e. The Labute approximate surface area is 252 Å². The lowest BCUT2D eigenvalue weighted by Gasteiger charge is -2.27. The fourth-order valence-electron chi connectivity index (χ4n) is 4.82. The van der Waals surface area contributed by atoms with Crippen molar-refractivity contribution in [3.63, 3.8) is 0 Å². The second-order valence-corrected chi connectivity index (χ2v) is 10.9. The highest BCUT2D eigenvalue weighted by Gasteiger charge is 2.24. The van der Waals surface area contributed by atoms with Crippen molar-refractivity contribution in [1.82, 2.24) is 19.5 Å². The van der Waals surface area contributed by atoms with Crippen LogP contribution in [0.5, 0.6) is 5.88 Å². The number of pyridine rings is 2. The fourth-order valence-corrected chi connectivity index (χ4v) is 5.12. The minimum atomic E-state index is -0.681. The second-order valence-electron chi connectivity index (χ2n) is 9.95. The Hall–Kier alpha value is -4.29. The second kappa shape index (κ2) is 12.1. The van der Waals surface area contributed by atoms with Crippen molar-refractivity contribution in [3.05, 3.63) is 105 Å². The molecule has 3 aromatic heterocycles. The molecule has 1 aliphatic heterocycles. The van der Waals surface area contributed by atoms with Crippen molar-refractivity contribution in [1.29, 1.82) is 0 Å². The molecule has 1 atom stereocenters. The van der Waals surface area contributed by atoms with E-state index in [1.807, 2.05) is 4.57 Å². The van der Waals surface area contributed by atoms with Crippen molar-refractivity contribution < 1.29 is 32.2 Å². The first kappa shape index (κ1) is 28.8. The largest absolute Gasteiger partial charge is 0.471 e. The summed E-state index contributed by atoms with van der Waals surface area (Å²) in [4.78, 5) is 25.1. The summed E-state index contributed by atoms with van der Waals surface area (Å²) in [6, 6.07) is 13.1. The summed E-state index contributed by atoms with van der Waals surface area (Å²) in [6.07, 6.45) is 2.26. The van der Waals surface area contributed by atoms with Gasteiger partial charge in [-0.15, -0.1) is 0 Å². The van der Waals surface area contributed by atoms with Crippen LogP contribution in [0.2, 0.25) is 0 Å². The van der Waals surface area contributed by atoms with Gasteiger partial charge in [-0.3, -0.25) is 4.98 Å². The molecule has 0 radical (unpaired) electrons. The van der Waals surface area contributed by atoms with E-state index in [2.05, 4.69) is 30.9 Å². The van der Waals surface area contributed by atoms with Crippen molar-refractivity contribution in [2.24, 2.45) is 0 Å². The van der Waals surface area contributed by atoms with E-state index in [1.54, 1.807) is 24.3 Å². The number of methoxy groups -OCH3 is 1. The van der Waals surface area contributed by atoms with Crippen LogP contribution in [0, 0.1) is 17.5 Å². The monoisotopic (exact) mass is 652 g/mol. The van der Waals surface area contributed by atoms with Crippen molar-refractivity contribution in [2.75, 3.05) is 13.7 Å². The van der Waals surface area contributed by atoms with Crippen molar-refractivity contribution >= 4 is 32.9 Å². The zero-order chi connectivity index (χ0) is 30.1. The molecule has 0 bridgehead atoms. The first-order valence-corrected chi connectivity index (χ1v) is 14.2.